The van der Waals surface area contributed by atoms with Gasteiger partial charge in [0.05, 0.1) is 5.54 Å². The van der Waals surface area contributed by atoms with E-state index in [1.165, 1.54) is 0 Å². The smallest absolute Gasteiger partial charge is 0.407 e. The Bertz CT molecular complexity index is 206. The molecule has 1 aliphatic heterocycles. The van der Waals surface area contributed by atoms with Crippen molar-refractivity contribution in [2.24, 2.45) is 11.5 Å². The lowest BCUT2D eigenvalue weighted by atomic mass is 9.96. The van der Waals surface area contributed by atoms with Gasteiger partial charge in [0.2, 0.25) is 5.91 Å². The molecule has 0 spiro atoms. The number of carbonyl (C=O) groups excluding carboxylic acids is 2. The van der Waals surface area contributed by atoms with Crippen LogP contribution in [0.4, 0.5) is 4.79 Å². The van der Waals surface area contributed by atoms with Gasteiger partial charge < -0.3 is 21.5 Å². The third-order valence-electron chi connectivity index (χ3n) is 1.60. The van der Waals surface area contributed by atoms with E-state index in [1.54, 1.807) is 0 Å². The average molecular weight is 173 g/mol. The highest BCUT2D eigenvalue weighted by Gasteiger charge is 2.33. The molecule has 1 fully saturated rings. The molecule has 0 aromatic rings. The Hall–Kier alpha value is -1.30. The second kappa shape index (κ2) is 2.98. The number of hydrogen-bond acceptors (Lipinski definition) is 4. The Morgan fingerprint density at radius 1 is 1.75 bits per heavy atom. The molecule has 0 saturated carbocycles. The number of hydrogen-bond donors (Lipinski definition) is 3. The monoisotopic (exact) mass is 173 g/mol. The number of rotatable bonds is 2. The number of ether oxygens (including phenoxy) is 1. The summed E-state index contributed by atoms with van der Waals surface area (Å²) in [6.45, 7) is 0.247. The molecule has 6 heteroatoms. The Kier molecular flexibility index (Phi) is 2.18. The average Bonchev–Trinajstić information content (AvgIpc) is 1.94. The standard InChI is InChI=1S/C6H11N3O3/c7-4(10)1-6(8)2-9-5(11)12-3-6/h1-3,8H2,(H2,7,10)(H,9,11). The van der Waals surface area contributed by atoms with Gasteiger partial charge in [0.1, 0.15) is 6.61 Å². The number of cyclic esters (lactones) is 1. The van der Waals surface area contributed by atoms with E-state index in [2.05, 4.69) is 10.1 Å². The molecule has 1 unspecified atom stereocenters. The Morgan fingerprint density at radius 3 is 2.83 bits per heavy atom. The van der Waals surface area contributed by atoms with E-state index in [-0.39, 0.29) is 19.6 Å². The van der Waals surface area contributed by atoms with Crippen LogP contribution in [0.2, 0.25) is 0 Å². The van der Waals surface area contributed by atoms with E-state index in [0.29, 0.717) is 0 Å². The van der Waals surface area contributed by atoms with Crippen LogP contribution in [-0.2, 0) is 9.53 Å². The van der Waals surface area contributed by atoms with Crippen LogP contribution in [-0.4, -0.2) is 30.7 Å². The van der Waals surface area contributed by atoms with Crippen molar-refractivity contribution in [1.82, 2.24) is 5.32 Å². The summed E-state index contributed by atoms with van der Waals surface area (Å²) in [6.07, 6.45) is -0.506. The normalized spacial score (nSPS) is 28.9. The van der Waals surface area contributed by atoms with Crippen LogP contribution >= 0.6 is 0 Å². The van der Waals surface area contributed by atoms with Crippen LogP contribution < -0.4 is 16.8 Å². The van der Waals surface area contributed by atoms with Gasteiger partial charge in [0.15, 0.2) is 0 Å². The first-order valence-corrected chi connectivity index (χ1v) is 3.50. The summed E-state index contributed by atoms with van der Waals surface area (Å²) in [4.78, 5) is 21.1. The van der Waals surface area contributed by atoms with Gasteiger partial charge in [-0.15, -0.1) is 0 Å². The van der Waals surface area contributed by atoms with Crippen LogP contribution in [0.15, 0.2) is 0 Å². The Morgan fingerprint density at radius 2 is 2.42 bits per heavy atom. The summed E-state index contributed by atoms with van der Waals surface area (Å²) in [5.74, 6) is -0.503. The zero-order valence-corrected chi connectivity index (χ0v) is 6.50. The molecule has 0 radical (unpaired) electrons. The summed E-state index contributed by atoms with van der Waals surface area (Å²) in [5, 5.41) is 2.38. The van der Waals surface area contributed by atoms with Crippen molar-refractivity contribution < 1.29 is 14.3 Å². The van der Waals surface area contributed by atoms with Crippen molar-refractivity contribution in [1.29, 1.82) is 0 Å². The summed E-state index contributed by atoms with van der Waals surface area (Å²) in [5.41, 5.74) is 9.79. The summed E-state index contributed by atoms with van der Waals surface area (Å²) in [6, 6.07) is 0. The van der Waals surface area contributed by atoms with Gasteiger partial charge in [0, 0.05) is 13.0 Å². The van der Waals surface area contributed by atoms with Gasteiger partial charge in [-0.2, -0.15) is 0 Å². The van der Waals surface area contributed by atoms with E-state index >= 15 is 0 Å². The van der Waals surface area contributed by atoms with Crippen molar-refractivity contribution >= 4 is 12.0 Å². The van der Waals surface area contributed by atoms with Crippen molar-refractivity contribution in [3.8, 4) is 0 Å². The summed E-state index contributed by atoms with van der Waals surface area (Å²) >= 11 is 0. The molecule has 5 N–H and O–H groups in total. The molecule has 1 saturated heterocycles. The van der Waals surface area contributed by atoms with Gasteiger partial charge in [0.25, 0.3) is 0 Å². The number of nitrogens with one attached hydrogen (secondary N) is 1. The molecule has 0 aliphatic carbocycles. The molecule has 6 nitrogen and oxygen atoms in total. The summed E-state index contributed by atoms with van der Waals surface area (Å²) < 4.78 is 4.61. The maximum absolute atomic E-state index is 10.5. The van der Waals surface area contributed by atoms with Crippen molar-refractivity contribution in [2.45, 2.75) is 12.0 Å². The predicted molar refractivity (Wildman–Crippen MR) is 40.1 cm³/mol. The molecule has 0 aromatic heterocycles. The minimum atomic E-state index is -0.847. The van der Waals surface area contributed by atoms with Gasteiger partial charge in [-0.1, -0.05) is 0 Å². The highest BCUT2D eigenvalue weighted by molar-refractivity contribution is 5.76. The van der Waals surface area contributed by atoms with Gasteiger partial charge in [-0.25, -0.2) is 4.79 Å². The van der Waals surface area contributed by atoms with E-state index in [4.69, 9.17) is 11.5 Å². The quantitative estimate of drug-likeness (QED) is 0.462. The van der Waals surface area contributed by atoms with Crippen LogP contribution in [0, 0.1) is 0 Å². The second-order valence-electron chi connectivity index (χ2n) is 2.94. The molecule has 2 amide bonds. The minimum absolute atomic E-state index is 0.00722. The van der Waals surface area contributed by atoms with E-state index in [9.17, 15) is 9.59 Å². The molecule has 0 aromatic carbocycles. The largest absolute Gasteiger partial charge is 0.448 e. The molecule has 1 heterocycles. The summed E-state index contributed by atoms with van der Waals surface area (Å²) in [7, 11) is 0. The zero-order chi connectivity index (χ0) is 9.19. The van der Waals surface area contributed by atoms with E-state index in [1.807, 2.05) is 0 Å². The molecular formula is C6H11N3O3. The first-order valence-electron chi connectivity index (χ1n) is 3.50. The fourth-order valence-corrected chi connectivity index (χ4v) is 1.02. The highest BCUT2D eigenvalue weighted by atomic mass is 16.6. The Labute approximate surface area is 69.2 Å². The fraction of sp³-hybridized carbons (Fsp3) is 0.667. The maximum Gasteiger partial charge on any atom is 0.407 e. The van der Waals surface area contributed by atoms with Crippen LogP contribution in [0.3, 0.4) is 0 Å². The molecule has 1 atom stereocenters. The third kappa shape index (κ3) is 2.09. The van der Waals surface area contributed by atoms with Gasteiger partial charge in [-0.05, 0) is 0 Å². The number of nitrogens with two attached hydrogens (primary N) is 2. The lowest BCUT2D eigenvalue weighted by molar-refractivity contribution is -0.119. The first-order chi connectivity index (χ1) is 5.52. The first kappa shape index (κ1) is 8.79. The topological polar surface area (TPSA) is 107 Å². The van der Waals surface area contributed by atoms with Crippen molar-refractivity contribution in [2.75, 3.05) is 13.2 Å². The number of primary amides is 1. The van der Waals surface area contributed by atoms with Gasteiger partial charge in [-0.3, -0.25) is 4.79 Å². The second-order valence-corrected chi connectivity index (χ2v) is 2.94. The maximum atomic E-state index is 10.5. The molecule has 1 aliphatic rings. The van der Waals surface area contributed by atoms with Crippen molar-refractivity contribution in [3.05, 3.63) is 0 Å². The molecule has 68 valence electrons. The lowest BCUT2D eigenvalue weighted by Gasteiger charge is -2.31. The lowest BCUT2D eigenvalue weighted by Crippen LogP contribution is -2.59. The third-order valence-corrected chi connectivity index (χ3v) is 1.60. The van der Waals surface area contributed by atoms with Gasteiger partial charge >= 0.3 is 6.09 Å². The fourth-order valence-electron chi connectivity index (χ4n) is 1.02. The number of alkyl carbamates (subject to hydrolysis) is 1. The number of amides is 2. The predicted octanol–water partition coefficient (Wildman–Crippen LogP) is -1.70. The number of carbonyl (C=O) groups is 2. The SMILES string of the molecule is NC(=O)CC1(N)CNC(=O)OC1. The van der Waals surface area contributed by atoms with Crippen LogP contribution in [0.1, 0.15) is 6.42 Å². The minimum Gasteiger partial charge on any atom is -0.448 e. The van der Waals surface area contributed by atoms with Crippen LogP contribution in [0.5, 0.6) is 0 Å². The Balaban J connectivity index is 2.49. The van der Waals surface area contributed by atoms with E-state index in [0.717, 1.165) is 0 Å². The molecular weight excluding hydrogens is 162 g/mol. The molecule has 0 bridgehead atoms. The highest BCUT2D eigenvalue weighted by Crippen LogP contribution is 2.09. The molecule has 1 rings (SSSR count). The van der Waals surface area contributed by atoms with E-state index < -0.39 is 17.5 Å². The van der Waals surface area contributed by atoms with Crippen molar-refractivity contribution in [3.63, 3.8) is 0 Å². The molecule has 12 heavy (non-hydrogen) atoms. The van der Waals surface area contributed by atoms with Crippen LogP contribution in [0.25, 0.3) is 0 Å². The zero-order valence-electron chi connectivity index (χ0n) is 6.50.